The minimum absolute atomic E-state index is 0.0645. The Bertz CT molecular complexity index is 445. The zero-order valence-corrected chi connectivity index (χ0v) is 12.5. The summed E-state index contributed by atoms with van der Waals surface area (Å²) >= 11 is 0. The summed E-state index contributed by atoms with van der Waals surface area (Å²) in [5.74, 6) is 0.312. The number of carbonyl (C=O) groups is 1. The molecule has 0 bridgehead atoms. The quantitative estimate of drug-likeness (QED) is 0.796. The predicted octanol–water partition coefficient (Wildman–Crippen LogP) is 1.58. The van der Waals surface area contributed by atoms with Crippen molar-refractivity contribution >= 4 is 5.91 Å². The van der Waals surface area contributed by atoms with Gasteiger partial charge in [0.15, 0.2) is 6.61 Å². The largest absolute Gasteiger partial charge is 0.483 e. The number of hydrogen-bond donors (Lipinski definition) is 2. The van der Waals surface area contributed by atoms with Crippen molar-refractivity contribution < 1.29 is 19.4 Å². The number of nitrogens with one attached hydrogen (secondary N) is 1. The highest BCUT2D eigenvalue weighted by atomic mass is 16.5. The second kappa shape index (κ2) is 7.87. The van der Waals surface area contributed by atoms with E-state index >= 15 is 0 Å². The lowest BCUT2D eigenvalue weighted by molar-refractivity contribution is -0.124. The Kier molecular flexibility index (Phi) is 6.48. The van der Waals surface area contributed by atoms with Gasteiger partial charge in [0, 0.05) is 18.7 Å². The topological polar surface area (TPSA) is 67.8 Å². The van der Waals surface area contributed by atoms with Crippen molar-refractivity contribution in [3.05, 3.63) is 29.3 Å². The highest BCUT2D eigenvalue weighted by Crippen LogP contribution is 2.26. The molecule has 1 unspecified atom stereocenters. The Morgan fingerprint density at radius 2 is 2.10 bits per heavy atom. The van der Waals surface area contributed by atoms with Gasteiger partial charge in [0.25, 0.3) is 5.91 Å². The summed E-state index contributed by atoms with van der Waals surface area (Å²) in [4.78, 5) is 11.7. The zero-order chi connectivity index (χ0) is 15.1. The van der Waals surface area contributed by atoms with Crippen LogP contribution in [0.3, 0.4) is 0 Å². The SMILES string of the molecule is COCC(C)NC(=O)COc1ccc(C)cc1[C@H](C)O. The van der Waals surface area contributed by atoms with Crippen molar-refractivity contribution in [2.75, 3.05) is 20.3 Å². The van der Waals surface area contributed by atoms with Crippen molar-refractivity contribution in [1.82, 2.24) is 5.32 Å². The molecule has 0 fully saturated rings. The third-order valence-corrected chi connectivity index (χ3v) is 2.80. The van der Waals surface area contributed by atoms with Crippen molar-refractivity contribution in [2.24, 2.45) is 0 Å². The number of amides is 1. The van der Waals surface area contributed by atoms with Crippen LogP contribution >= 0.6 is 0 Å². The van der Waals surface area contributed by atoms with Crippen LogP contribution in [0.15, 0.2) is 18.2 Å². The fraction of sp³-hybridized carbons (Fsp3) is 0.533. The summed E-state index contributed by atoms with van der Waals surface area (Å²) in [5.41, 5.74) is 1.72. The van der Waals surface area contributed by atoms with Gasteiger partial charge in [-0.25, -0.2) is 0 Å². The van der Waals surface area contributed by atoms with Gasteiger partial charge in [0.1, 0.15) is 5.75 Å². The van der Waals surface area contributed by atoms with Gasteiger partial charge in [-0.05, 0) is 32.9 Å². The molecule has 1 aromatic rings. The first kappa shape index (κ1) is 16.5. The first-order valence-electron chi connectivity index (χ1n) is 6.63. The Hall–Kier alpha value is -1.59. The van der Waals surface area contributed by atoms with Gasteiger partial charge in [0.2, 0.25) is 0 Å². The molecule has 1 amide bonds. The molecule has 112 valence electrons. The van der Waals surface area contributed by atoms with Gasteiger partial charge in [-0.2, -0.15) is 0 Å². The van der Waals surface area contributed by atoms with Gasteiger partial charge in [-0.15, -0.1) is 0 Å². The third kappa shape index (κ3) is 5.19. The number of aryl methyl sites for hydroxylation is 1. The maximum atomic E-state index is 11.7. The number of carbonyl (C=O) groups excluding carboxylic acids is 1. The van der Waals surface area contributed by atoms with Crippen LogP contribution < -0.4 is 10.1 Å². The number of ether oxygens (including phenoxy) is 2. The molecule has 0 saturated carbocycles. The zero-order valence-electron chi connectivity index (χ0n) is 12.5. The molecule has 0 heterocycles. The van der Waals surface area contributed by atoms with E-state index in [2.05, 4.69) is 5.32 Å². The molecule has 0 aromatic heterocycles. The van der Waals surface area contributed by atoms with E-state index < -0.39 is 6.10 Å². The molecule has 0 aliphatic rings. The predicted molar refractivity (Wildman–Crippen MR) is 76.8 cm³/mol. The van der Waals surface area contributed by atoms with Gasteiger partial charge in [-0.3, -0.25) is 4.79 Å². The van der Waals surface area contributed by atoms with E-state index in [4.69, 9.17) is 9.47 Å². The van der Waals surface area contributed by atoms with Gasteiger partial charge < -0.3 is 19.9 Å². The average Bonchev–Trinajstić information content (AvgIpc) is 2.37. The molecule has 2 atom stereocenters. The van der Waals surface area contributed by atoms with Crippen LogP contribution in [0.1, 0.15) is 31.1 Å². The minimum atomic E-state index is -0.639. The van der Waals surface area contributed by atoms with Crippen molar-refractivity contribution in [2.45, 2.75) is 32.9 Å². The highest BCUT2D eigenvalue weighted by molar-refractivity contribution is 5.77. The summed E-state index contributed by atoms with van der Waals surface area (Å²) in [5, 5.41) is 12.5. The van der Waals surface area contributed by atoms with E-state index in [1.165, 1.54) is 0 Å². The number of rotatable bonds is 7. The van der Waals surface area contributed by atoms with Crippen LogP contribution in [0.4, 0.5) is 0 Å². The smallest absolute Gasteiger partial charge is 0.258 e. The Morgan fingerprint density at radius 3 is 2.70 bits per heavy atom. The molecular formula is C15H23NO4. The second-order valence-corrected chi connectivity index (χ2v) is 4.93. The van der Waals surface area contributed by atoms with Crippen LogP contribution in [-0.2, 0) is 9.53 Å². The molecule has 5 heteroatoms. The summed E-state index contributed by atoms with van der Waals surface area (Å²) in [6.07, 6.45) is -0.639. The number of methoxy groups -OCH3 is 1. The lowest BCUT2D eigenvalue weighted by Gasteiger charge is -2.16. The highest BCUT2D eigenvalue weighted by Gasteiger charge is 2.12. The van der Waals surface area contributed by atoms with E-state index in [0.29, 0.717) is 17.9 Å². The molecule has 1 aromatic carbocycles. The average molecular weight is 281 g/mol. The molecule has 20 heavy (non-hydrogen) atoms. The fourth-order valence-electron chi connectivity index (χ4n) is 1.88. The minimum Gasteiger partial charge on any atom is -0.483 e. The second-order valence-electron chi connectivity index (χ2n) is 4.93. The van der Waals surface area contributed by atoms with Crippen molar-refractivity contribution in [3.63, 3.8) is 0 Å². The van der Waals surface area contributed by atoms with Crippen molar-refractivity contribution in [3.8, 4) is 5.75 Å². The summed E-state index contributed by atoms with van der Waals surface area (Å²) in [6.45, 7) is 5.83. The van der Waals surface area contributed by atoms with Crippen LogP contribution in [0.5, 0.6) is 5.75 Å². The summed E-state index contributed by atoms with van der Waals surface area (Å²) < 4.78 is 10.4. The van der Waals surface area contributed by atoms with E-state index in [-0.39, 0.29) is 18.6 Å². The maximum Gasteiger partial charge on any atom is 0.258 e. The molecule has 0 aliphatic heterocycles. The molecule has 0 spiro atoms. The Morgan fingerprint density at radius 1 is 1.40 bits per heavy atom. The summed E-state index contributed by atoms with van der Waals surface area (Å²) in [6, 6.07) is 5.44. The van der Waals surface area contributed by atoms with Gasteiger partial charge >= 0.3 is 0 Å². The van der Waals surface area contributed by atoms with E-state index in [1.807, 2.05) is 26.0 Å². The summed E-state index contributed by atoms with van der Waals surface area (Å²) in [7, 11) is 1.58. The number of benzene rings is 1. The normalized spacial score (nSPS) is 13.7. The lowest BCUT2D eigenvalue weighted by atomic mass is 10.1. The standard InChI is InChI=1S/C15H23NO4/c1-10-5-6-14(13(7-10)12(3)17)20-9-15(18)16-11(2)8-19-4/h5-7,11-12,17H,8-9H2,1-4H3,(H,16,18)/t11?,12-/m0/s1. The van der Waals surface area contributed by atoms with Gasteiger partial charge in [0.05, 0.1) is 12.7 Å². The first-order chi connectivity index (χ1) is 9.43. The third-order valence-electron chi connectivity index (χ3n) is 2.80. The first-order valence-corrected chi connectivity index (χ1v) is 6.63. The Balaban J connectivity index is 2.59. The van der Waals surface area contributed by atoms with Gasteiger partial charge in [-0.1, -0.05) is 11.6 Å². The van der Waals surface area contributed by atoms with Crippen LogP contribution in [0, 0.1) is 6.92 Å². The molecule has 1 rings (SSSR count). The molecule has 2 N–H and O–H groups in total. The van der Waals surface area contributed by atoms with E-state index in [1.54, 1.807) is 20.1 Å². The van der Waals surface area contributed by atoms with Crippen LogP contribution in [0.25, 0.3) is 0 Å². The fourth-order valence-corrected chi connectivity index (χ4v) is 1.88. The number of hydrogen-bond acceptors (Lipinski definition) is 4. The molecule has 0 saturated heterocycles. The van der Waals surface area contributed by atoms with Crippen molar-refractivity contribution in [1.29, 1.82) is 0 Å². The molecule has 5 nitrogen and oxygen atoms in total. The molecule has 0 radical (unpaired) electrons. The monoisotopic (exact) mass is 281 g/mol. The molecular weight excluding hydrogens is 258 g/mol. The van der Waals surface area contributed by atoms with E-state index in [9.17, 15) is 9.90 Å². The number of aliphatic hydroxyl groups is 1. The van der Waals surface area contributed by atoms with E-state index in [0.717, 1.165) is 5.56 Å². The maximum absolute atomic E-state index is 11.7. The Labute approximate surface area is 119 Å². The van der Waals surface area contributed by atoms with Crippen LogP contribution in [-0.4, -0.2) is 37.4 Å². The lowest BCUT2D eigenvalue weighted by Crippen LogP contribution is -2.38. The molecule has 0 aliphatic carbocycles. The van der Waals surface area contributed by atoms with Crippen LogP contribution in [0.2, 0.25) is 0 Å². The number of aliphatic hydroxyl groups excluding tert-OH is 1.